The lowest BCUT2D eigenvalue weighted by molar-refractivity contribution is -0.753. The quantitative estimate of drug-likeness (QED) is 0.736. The van der Waals surface area contributed by atoms with Gasteiger partial charge in [-0.2, -0.15) is 0 Å². The summed E-state index contributed by atoms with van der Waals surface area (Å²) in [6.45, 7) is 0.251. The van der Waals surface area contributed by atoms with Crippen molar-refractivity contribution in [1.82, 2.24) is 15.1 Å². The van der Waals surface area contributed by atoms with Crippen molar-refractivity contribution in [1.29, 1.82) is 0 Å². The molecule has 0 radical (unpaired) electrons. The van der Waals surface area contributed by atoms with Crippen LogP contribution >= 0.6 is 0 Å². The van der Waals surface area contributed by atoms with Crippen molar-refractivity contribution < 1.29 is 19.4 Å². The lowest BCUT2D eigenvalue weighted by Gasteiger charge is -2.02. The molecule has 102 valence electrons. The summed E-state index contributed by atoms with van der Waals surface area (Å²) in [6, 6.07) is 1.56. The number of amides is 1. The normalized spacial score (nSPS) is 10.0. The van der Waals surface area contributed by atoms with E-state index >= 15 is 0 Å². The molecule has 0 saturated heterocycles. The highest BCUT2D eigenvalue weighted by atomic mass is 16.4. The molecule has 0 aliphatic carbocycles. The van der Waals surface area contributed by atoms with E-state index in [9.17, 15) is 9.59 Å². The van der Waals surface area contributed by atoms with Crippen LogP contribution in [0.5, 0.6) is 0 Å². The molecular weight excluding hydrogens is 262 g/mol. The highest BCUT2D eigenvalue weighted by Crippen LogP contribution is 2.02. The first-order chi connectivity index (χ1) is 9.65. The van der Waals surface area contributed by atoms with Gasteiger partial charge in [-0.15, -0.1) is 0 Å². The Labute approximate surface area is 114 Å². The maximum absolute atomic E-state index is 11.9. The van der Waals surface area contributed by atoms with Crippen molar-refractivity contribution in [3.8, 4) is 0 Å². The van der Waals surface area contributed by atoms with Crippen molar-refractivity contribution in [2.45, 2.75) is 13.0 Å². The summed E-state index contributed by atoms with van der Waals surface area (Å²) in [5, 5.41) is 15.1. The molecule has 2 heterocycles. The van der Waals surface area contributed by atoms with Crippen molar-refractivity contribution in [2.75, 3.05) is 5.32 Å². The summed E-state index contributed by atoms with van der Waals surface area (Å²) in [5.74, 6) is -0.910. The van der Waals surface area contributed by atoms with Crippen LogP contribution in [0.4, 0.5) is 5.82 Å². The van der Waals surface area contributed by atoms with Crippen molar-refractivity contribution in [3.05, 3.63) is 42.6 Å². The Balaban J connectivity index is 1.99. The molecule has 0 aromatic carbocycles. The van der Waals surface area contributed by atoms with Gasteiger partial charge in [-0.25, -0.2) is 4.98 Å². The van der Waals surface area contributed by atoms with Gasteiger partial charge in [0, 0.05) is 18.5 Å². The van der Waals surface area contributed by atoms with Gasteiger partial charge in [-0.05, 0) is 5.10 Å². The fourth-order valence-electron chi connectivity index (χ4n) is 1.41. The number of aromatic nitrogens is 4. The van der Waals surface area contributed by atoms with E-state index in [0.29, 0.717) is 11.4 Å². The molecule has 0 spiro atoms. The third-order valence-electron chi connectivity index (χ3n) is 2.39. The summed E-state index contributed by atoms with van der Waals surface area (Å²) in [5.41, 5.74) is 0.349. The monoisotopic (exact) mass is 274 g/mol. The zero-order valence-corrected chi connectivity index (χ0v) is 10.4. The summed E-state index contributed by atoms with van der Waals surface area (Å²) in [7, 11) is 0. The van der Waals surface area contributed by atoms with Gasteiger partial charge in [0.2, 0.25) is 0 Å². The second kappa shape index (κ2) is 6.32. The lowest BCUT2D eigenvalue weighted by atomic mass is 10.3. The van der Waals surface area contributed by atoms with Crippen molar-refractivity contribution in [3.63, 3.8) is 0 Å². The Bertz CT molecular complexity index is 600. The van der Waals surface area contributed by atoms with E-state index in [-0.39, 0.29) is 18.9 Å². The summed E-state index contributed by atoms with van der Waals surface area (Å²) >= 11 is 0. The van der Waals surface area contributed by atoms with Crippen LogP contribution < -0.4 is 10.00 Å². The molecule has 0 fully saturated rings. The average molecular weight is 274 g/mol. The Kier molecular flexibility index (Phi) is 4.28. The summed E-state index contributed by atoms with van der Waals surface area (Å²) < 4.78 is 1.45. The van der Waals surface area contributed by atoms with Gasteiger partial charge >= 0.3 is 5.97 Å². The van der Waals surface area contributed by atoms with E-state index in [0.717, 1.165) is 0 Å². The van der Waals surface area contributed by atoms with E-state index in [1.807, 2.05) is 0 Å². The smallest absolute Gasteiger partial charge is 0.309 e. The van der Waals surface area contributed by atoms with Crippen LogP contribution in [0.1, 0.15) is 16.8 Å². The first-order valence-corrected chi connectivity index (χ1v) is 5.80. The molecule has 0 atom stereocenters. The van der Waals surface area contributed by atoms with Gasteiger partial charge in [-0.3, -0.25) is 14.6 Å². The number of carboxylic acids is 1. The average Bonchev–Trinajstić information content (AvgIpc) is 2.46. The molecule has 8 nitrogen and oxygen atoms in total. The van der Waals surface area contributed by atoms with Gasteiger partial charge in [0.05, 0.1) is 11.8 Å². The van der Waals surface area contributed by atoms with Crippen LogP contribution in [0.2, 0.25) is 0 Å². The van der Waals surface area contributed by atoms with Gasteiger partial charge in [0.1, 0.15) is 12.6 Å². The molecule has 2 rings (SSSR count). The predicted octanol–water partition coefficient (Wildman–Crippen LogP) is -0.114. The van der Waals surface area contributed by atoms with E-state index in [1.54, 1.807) is 12.3 Å². The molecule has 0 aliphatic heterocycles. The minimum absolute atomic E-state index is 0.0250. The number of aryl methyl sites for hydroxylation is 1. The van der Waals surface area contributed by atoms with E-state index in [4.69, 9.17) is 5.11 Å². The number of hydrogen-bond donors (Lipinski definition) is 2. The van der Waals surface area contributed by atoms with Gasteiger partial charge < -0.3 is 10.4 Å². The topological polar surface area (TPSA) is 109 Å². The van der Waals surface area contributed by atoms with E-state index in [2.05, 4.69) is 20.4 Å². The number of aliphatic carboxylic acids is 1. The van der Waals surface area contributed by atoms with Crippen LogP contribution in [-0.4, -0.2) is 32.0 Å². The Morgan fingerprint density at radius 1 is 1.30 bits per heavy atom. The Morgan fingerprint density at radius 2 is 2.15 bits per heavy atom. The molecule has 2 aromatic rings. The minimum Gasteiger partial charge on any atom is -0.481 e. The van der Waals surface area contributed by atoms with Crippen molar-refractivity contribution in [2.24, 2.45) is 0 Å². The van der Waals surface area contributed by atoms with Crippen LogP contribution in [0.3, 0.4) is 0 Å². The maximum atomic E-state index is 11.9. The number of hydrogen-bond acceptors (Lipinski definition) is 5. The lowest BCUT2D eigenvalue weighted by Crippen LogP contribution is -2.38. The third kappa shape index (κ3) is 3.80. The predicted molar refractivity (Wildman–Crippen MR) is 66.7 cm³/mol. The molecule has 1 amide bonds. The van der Waals surface area contributed by atoms with Gasteiger partial charge in [0.25, 0.3) is 5.91 Å². The third-order valence-corrected chi connectivity index (χ3v) is 2.39. The van der Waals surface area contributed by atoms with Crippen LogP contribution in [-0.2, 0) is 11.3 Å². The van der Waals surface area contributed by atoms with E-state index < -0.39 is 5.97 Å². The Morgan fingerprint density at radius 3 is 2.75 bits per heavy atom. The second-order valence-electron chi connectivity index (χ2n) is 3.87. The fourth-order valence-corrected chi connectivity index (χ4v) is 1.41. The number of carbonyl (C=O) groups excluding carboxylic acids is 1. The minimum atomic E-state index is -0.899. The molecular formula is C12H12N5O3+. The van der Waals surface area contributed by atoms with Gasteiger partial charge in [-0.1, -0.05) is 4.68 Å². The Hall–Kier alpha value is -2.90. The number of rotatable bonds is 5. The molecule has 8 heteroatoms. The van der Waals surface area contributed by atoms with Crippen LogP contribution in [0.25, 0.3) is 0 Å². The molecule has 2 aromatic heterocycles. The number of nitrogens with one attached hydrogen (secondary N) is 1. The fraction of sp³-hybridized carbons (Fsp3) is 0.167. The molecule has 0 aliphatic rings. The maximum Gasteiger partial charge on any atom is 0.309 e. The van der Waals surface area contributed by atoms with Crippen molar-refractivity contribution >= 4 is 17.7 Å². The first kappa shape index (κ1) is 13.5. The number of carboxylic acid groups (broad SMARTS) is 1. The highest BCUT2D eigenvalue weighted by Gasteiger charge is 2.11. The summed E-state index contributed by atoms with van der Waals surface area (Å²) in [4.78, 5) is 30.1. The second-order valence-corrected chi connectivity index (χ2v) is 3.87. The number of carbonyl (C=O) groups is 2. The van der Waals surface area contributed by atoms with Gasteiger partial charge in [0.15, 0.2) is 18.6 Å². The SMILES string of the molecule is O=C(O)CC[n+]1ccc(C(=O)Nc2cnccn2)cn1. The first-order valence-electron chi connectivity index (χ1n) is 5.80. The highest BCUT2D eigenvalue weighted by molar-refractivity contribution is 6.03. The van der Waals surface area contributed by atoms with Crippen LogP contribution in [0.15, 0.2) is 37.1 Å². The zero-order valence-electron chi connectivity index (χ0n) is 10.4. The van der Waals surface area contributed by atoms with E-state index in [1.165, 1.54) is 29.5 Å². The number of anilines is 1. The largest absolute Gasteiger partial charge is 0.481 e. The molecule has 20 heavy (non-hydrogen) atoms. The standard InChI is InChI=1S/C12H11N5O3/c18-11(19)2-6-17-5-1-9(7-15-17)12(20)16-10-8-13-3-4-14-10/h1,3-5,7-8H,2,6H2,(H-,14,15,16,18,19,20)/p+1. The molecule has 0 saturated carbocycles. The molecule has 2 N–H and O–H groups in total. The number of nitrogens with zero attached hydrogens (tertiary/aromatic N) is 4. The molecule has 0 bridgehead atoms. The molecule has 0 unspecified atom stereocenters. The zero-order chi connectivity index (χ0) is 14.4. The summed E-state index contributed by atoms with van der Waals surface area (Å²) in [6.07, 6.45) is 7.30. The van der Waals surface area contributed by atoms with Crippen LogP contribution in [0, 0.1) is 0 Å².